The van der Waals surface area contributed by atoms with Gasteiger partial charge in [0, 0.05) is 11.3 Å². The summed E-state index contributed by atoms with van der Waals surface area (Å²) < 4.78 is 7.34. The highest BCUT2D eigenvalue weighted by atomic mass is 79.9. The van der Waals surface area contributed by atoms with Crippen molar-refractivity contribution in [3.63, 3.8) is 0 Å². The molecule has 0 fully saturated rings. The smallest absolute Gasteiger partial charge is 0.278 e. The van der Waals surface area contributed by atoms with Crippen molar-refractivity contribution in [2.45, 2.75) is 20.8 Å². The maximum atomic E-state index is 12.4. The summed E-state index contributed by atoms with van der Waals surface area (Å²) >= 11 is 3.38. The molecule has 0 saturated heterocycles. The molecule has 5 heteroatoms. The van der Waals surface area contributed by atoms with E-state index in [2.05, 4.69) is 21.0 Å². The van der Waals surface area contributed by atoms with Crippen molar-refractivity contribution >= 4 is 21.8 Å². The van der Waals surface area contributed by atoms with Crippen LogP contribution in [-0.4, -0.2) is 22.8 Å². The lowest BCUT2D eigenvalue weighted by atomic mass is 10.2. The molecule has 100 valence electrons. The van der Waals surface area contributed by atoms with Gasteiger partial charge in [0.15, 0.2) is 0 Å². The number of aryl methyl sites for hydroxylation is 1. The van der Waals surface area contributed by atoms with Gasteiger partial charge < -0.3 is 4.74 Å². The number of halogens is 1. The number of rotatable bonds is 2. The molecule has 0 saturated carbocycles. The van der Waals surface area contributed by atoms with E-state index in [1.165, 1.54) is 4.68 Å². The van der Waals surface area contributed by atoms with Gasteiger partial charge in [-0.15, -0.1) is 0 Å². The second kappa shape index (κ2) is 5.17. The molecule has 0 radical (unpaired) electrons. The minimum absolute atomic E-state index is 0.142. The molecule has 1 heterocycles. The van der Waals surface area contributed by atoms with Gasteiger partial charge in [-0.1, -0.05) is 0 Å². The summed E-state index contributed by atoms with van der Waals surface area (Å²) in [5.41, 5.74) is 3.35. The number of aromatic nitrogens is 2. The van der Waals surface area contributed by atoms with Crippen molar-refractivity contribution in [3.8, 4) is 5.75 Å². The lowest BCUT2D eigenvalue weighted by Crippen LogP contribution is -2.15. The predicted octanol–water partition coefficient (Wildman–Crippen LogP) is 3.27. The fraction of sp³-hybridized carbons (Fsp3) is 0.286. The normalized spacial score (nSPS) is 10.6. The molecule has 4 nitrogen and oxygen atoms in total. The topological polar surface area (TPSA) is 44.1 Å². The third kappa shape index (κ3) is 2.42. The van der Waals surface area contributed by atoms with E-state index < -0.39 is 0 Å². The number of carbonyl (C=O) groups is 1. The quantitative estimate of drug-likeness (QED) is 0.852. The van der Waals surface area contributed by atoms with E-state index in [0.29, 0.717) is 11.3 Å². The Morgan fingerprint density at radius 3 is 2.47 bits per heavy atom. The Labute approximate surface area is 120 Å². The Kier molecular flexibility index (Phi) is 3.75. The largest absolute Gasteiger partial charge is 0.496 e. The van der Waals surface area contributed by atoms with E-state index in [-0.39, 0.29) is 5.91 Å². The van der Waals surface area contributed by atoms with Gasteiger partial charge in [-0.3, -0.25) is 4.79 Å². The van der Waals surface area contributed by atoms with Gasteiger partial charge in [0.2, 0.25) is 0 Å². The van der Waals surface area contributed by atoms with Crippen LogP contribution in [0.4, 0.5) is 0 Å². The van der Waals surface area contributed by atoms with E-state index in [4.69, 9.17) is 4.74 Å². The van der Waals surface area contributed by atoms with Crippen molar-refractivity contribution in [2.75, 3.05) is 7.11 Å². The van der Waals surface area contributed by atoms with Crippen molar-refractivity contribution in [2.24, 2.45) is 0 Å². The van der Waals surface area contributed by atoms with E-state index in [9.17, 15) is 4.79 Å². The first-order chi connectivity index (χ1) is 8.95. The summed E-state index contributed by atoms with van der Waals surface area (Å²) in [6.45, 7) is 5.76. The molecular weight excluding hydrogens is 308 g/mol. The summed E-state index contributed by atoms with van der Waals surface area (Å²) in [5.74, 6) is 0.554. The molecular formula is C14H15BrN2O2. The third-order valence-corrected chi connectivity index (χ3v) is 3.86. The number of nitrogens with zero attached hydrogens (tertiary/aromatic N) is 2. The van der Waals surface area contributed by atoms with Crippen LogP contribution in [0, 0.1) is 20.8 Å². The molecule has 19 heavy (non-hydrogen) atoms. The van der Waals surface area contributed by atoms with Gasteiger partial charge in [-0.25, -0.2) is 4.68 Å². The van der Waals surface area contributed by atoms with Crippen LogP contribution in [0.5, 0.6) is 5.75 Å². The molecule has 0 unspecified atom stereocenters. The van der Waals surface area contributed by atoms with Gasteiger partial charge >= 0.3 is 0 Å². The monoisotopic (exact) mass is 322 g/mol. The first-order valence-corrected chi connectivity index (χ1v) is 6.66. The van der Waals surface area contributed by atoms with Gasteiger partial charge in [-0.05, 0) is 60.5 Å². The van der Waals surface area contributed by atoms with E-state index in [1.54, 1.807) is 25.3 Å². The fourth-order valence-electron chi connectivity index (χ4n) is 1.84. The van der Waals surface area contributed by atoms with Crippen LogP contribution in [-0.2, 0) is 0 Å². The standard InChI is InChI=1S/C14H15BrN2O2/c1-8-9(2)16-17(10(8)3)14(18)11-5-6-13(19-4)12(15)7-11/h5-7H,1-4H3. The molecule has 2 aromatic rings. The lowest BCUT2D eigenvalue weighted by molar-refractivity contribution is 0.0942. The van der Waals surface area contributed by atoms with Crippen molar-refractivity contribution < 1.29 is 9.53 Å². The Bertz CT molecular complexity index is 647. The summed E-state index contributed by atoms with van der Waals surface area (Å²) in [4.78, 5) is 12.4. The van der Waals surface area contributed by atoms with Gasteiger partial charge in [0.1, 0.15) is 5.75 Å². The minimum Gasteiger partial charge on any atom is -0.496 e. The SMILES string of the molecule is COc1ccc(C(=O)n2nc(C)c(C)c2C)cc1Br. The van der Waals surface area contributed by atoms with Crippen LogP contribution in [0.3, 0.4) is 0 Å². The molecule has 0 amide bonds. The van der Waals surface area contributed by atoms with E-state index in [0.717, 1.165) is 21.4 Å². The van der Waals surface area contributed by atoms with Crippen LogP contribution in [0.2, 0.25) is 0 Å². The Hall–Kier alpha value is -1.62. The van der Waals surface area contributed by atoms with Crippen LogP contribution >= 0.6 is 15.9 Å². The maximum Gasteiger partial charge on any atom is 0.278 e. The highest BCUT2D eigenvalue weighted by Gasteiger charge is 2.16. The van der Waals surface area contributed by atoms with E-state index >= 15 is 0 Å². The molecule has 0 N–H and O–H groups in total. The van der Waals surface area contributed by atoms with Crippen LogP contribution in [0.25, 0.3) is 0 Å². The molecule has 0 bridgehead atoms. The molecule has 0 aliphatic carbocycles. The first kappa shape index (κ1) is 13.8. The van der Waals surface area contributed by atoms with E-state index in [1.807, 2.05) is 20.8 Å². The van der Waals surface area contributed by atoms with Crippen LogP contribution in [0.15, 0.2) is 22.7 Å². The minimum atomic E-state index is -0.142. The molecule has 0 atom stereocenters. The molecule has 0 aliphatic rings. The lowest BCUT2D eigenvalue weighted by Gasteiger charge is -2.07. The van der Waals surface area contributed by atoms with Crippen molar-refractivity contribution in [3.05, 3.63) is 45.2 Å². The zero-order valence-electron chi connectivity index (χ0n) is 11.3. The van der Waals surface area contributed by atoms with Gasteiger partial charge in [0.25, 0.3) is 5.91 Å². The Morgan fingerprint density at radius 1 is 1.32 bits per heavy atom. The molecule has 0 spiro atoms. The first-order valence-electron chi connectivity index (χ1n) is 5.86. The number of hydrogen-bond acceptors (Lipinski definition) is 3. The molecule has 1 aromatic carbocycles. The second-order valence-electron chi connectivity index (χ2n) is 4.36. The third-order valence-electron chi connectivity index (χ3n) is 3.24. The van der Waals surface area contributed by atoms with Crippen molar-refractivity contribution in [1.82, 2.24) is 9.78 Å². The Balaban J connectivity index is 2.44. The number of carbonyl (C=O) groups excluding carboxylic acids is 1. The average molecular weight is 323 g/mol. The van der Waals surface area contributed by atoms with Gasteiger partial charge in [-0.2, -0.15) is 5.10 Å². The van der Waals surface area contributed by atoms with Crippen molar-refractivity contribution in [1.29, 1.82) is 0 Å². The summed E-state index contributed by atoms with van der Waals surface area (Å²) in [6, 6.07) is 5.24. The molecule has 0 aliphatic heterocycles. The summed E-state index contributed by atoms with van der Waals surface area (Å²) in [7, 11) is 1.59. The number of methoxy groups -OCH3 is 1. The van der Waals surface area contributed by atoms with Gasteiger partial charge in [0.05, 0.1) is 17.3 Å². The fourth-order valence-corrected chi connectivity index (χ4v) is 2.38. The molecule has 1 aromatic heterocycles. The highest BCUT2D eigenvalue weighted by molar-refractivity contribution is 9.10. The zero-order chi connectivity index (χ0) is 14.2. The van der Waals surface area contributed by atoms with Crippen LogP contribution < -0.4 is 4.74 Å². The second-order valence-corrected chi connectivity index (χ2v) is 5.22. The highest BCUT2D eigenvalue weighted by Crippen LogP contribution is 2.26. The number of benzene rings is 1. The molecule has 2 rings (SSSR count). The number of hydrogen-bond donors (Lipinski definition) is 0. The van der Waals surface area contributed by atoms with Crippen LogP contribution in [0.1, 0.15) is 27.3 Å². The average Bonchev–Trinajstić information content (AvgIpc) is 2.65. The zero-order valence-corrected chi connectivity index (χ0v) is 12.9. The summed E-state index contributed by atoms with van der Waals surface area (Å²) in [5, 5.41) is 4.28. The number of ether oxygens (including phenoxy) is 1. The summed E-state index contributed by atoms with van der Waals surface area (Å²) in [6.07, 6.45) is 0. The Morgan fingerprint density at radius 2 is 2.00 bits per heavy atom. The predicted molar refractivity (Wildman–Crippen MR) is 76.9 cm³/mol. The maximum absolute atomic E-state index is 12.4.